The van der Waals surface area contributed by atoms with Gasteiger partial charge in [0, 0.05) is 30.8 Å². The van der Waals surface area contributed by atoms with E-state index in [1.807, 2.05) is 42.5 Å². The number of hydrogen-bond acceptors (Lipinski definition) is 3. The molecule has 4 nitrogen and oxygen atoms in total. The Bertz CT molecular complexity index is 661. The van der Waals surface area contributed by atoms with Crippen LogP contribution < -0.4 is 11.1 Å². The number of aryl methyl sites for hydroxylation is 1. The average molecular weight is 333 g/mol. The van der Waals surface area contributed by atoms with Crippen LogP contribution in [0.3, 0.4) is 0 Å². The lowest BCUT2D eigenvalue weighted by molar-refractivity contribution is -0.121. The number of rotatable bonds is 7. The second-order valence-electron chi connectivity index (χ2n) is 5.28. The molecule has 2 aromatic carbocycles. The first kappa shape index (κ1) is 17.3. The van der Waals surface area contributed by atoms with Gasteiger partial charge in [-0.15, -0.1) is 0 Å². The first-order chi connectivity index (χ1) is 11.1. The van der Waals surface area contributed by atoms with E-state index in [2.05, 4.69) is 5.32 Å². The van der Waals surface area contributed by atoms with Crippen molar-refractivity contribution >= 4 is 23.2 Å². The smallest absolute Gasteiger partial charge is 0.220 e. The van der Waals surface area contributed by atoms with Gasteiger partial charge in [-0.05, 0) is 35.7 Å². The molecule has 5 heteroatoms. The van der Waals surface area contributed by atoms with Gasteiger partial charge in [-0.1, -0.05) is 41.9 Å². The molecule has 0 spiro atoms. The number of halogens is 1. The molecule has 0 aliphatic carbocycles. The van der Waals surface area contributed by atoms with Crippen molar-refractivity contribution < 1.29 is 9.53 Å². The Morgan fingerprint density at radius 1 is 1.26 bits per heavy atom. The standard InChI is InChI=1S/C18H21ClN2O2/c1-23-17(14-6-4-7-15(19)11-14)12-21-18(22)10-9-13-5-2-3-8-16(13)20/h2-8,11,17H,9-10,12,20H2,1H3,(H,21,22). The van der Waals surface area contributed by atoms with Crippen LogP contribution in [0.5, 0.6) is 0 Å². The number of anilines is 1. The second-order valence-corrected chi connectivity index (χ2v) is 5.72. The molecule has 0 fully saturated rings. The maximum atomic E-state index is 12.0. The van der Waals surface area contributed by atoms with Gasteiger partial charge in [-0.25, -0.2) is 0 Å². The van der Waals surface area contributed by atoms with Crippen molar-refractivity contribution in [2.45, 2.75) is 18.9 Å². The summed E-state index contributed by atoms with van der Waals surface area (Å²) < 4.78 is 5.43. The van der Waals surface area contributed by atoms with Crippen LogP contribution >= 0.6 is 11.6 Å². The predicted octanol–water partition coefficient (Wildman–Crippen LogP) is 3.36. The number of nitrogen functional groups attached to an aromatic ring is 1. The fraction of sp³-hybridized carbons (Fsp3) is 0.278. The summed E-state index contributed by atoms with van der Waals surface area (Å²) in [7, 11) is 1.61. The average Bonchev–Trinajstić information content (AvgIpc) is 2.55. The zero-order valence-electron chi connectivity index (χ0n) is 13.1. The summed E-state index contributed by atoms with van der Waals surface area (Å²) in [5, 5.41) is 3.54. The van der Waals surface area contributed by atoms with Crippen LogP contribution in [0.25, 0.3) is 0 Å². The van der Waals surface area contributed by atoms with Crippen molar-refractivity contribution in [3.8, 4) is 0 Å². The topological polar surface area (TPSA) is 64.3 Å². The number of carbonyl (C=O) groups is 1. The Morgan fingerprint density at radius 2 is 2.04 bits per heavy atom. The molecule has 0 saturated carbocycles. The molecule has 0 aliphatic rings. The van der Waals surface area contributed by atoms with Crippen LogP contribution in [-0.2, 0) is 16.0 Å². The molecular formula is C18H21ClN2O2. The van der Waals surface area contributed by atoms with Gasteiger partial charge in [0.05, 0.1) is 6.10 Å². The van der Waals surface area contributed by atoms with Gasteiger partial charge in [0.2, 0.25) is 5.91 Å². The maximum Gasteiger partial charge on any atom is 0.220 e. The van der Waals surface area contributed by atoms with Crippen molar-refractivity contribution in [2.24, 2.45) is 0 Å². The van der Waals surface area contributed by atoms with Gasteiger partial charge < -0.3 is 15.8 Å². The van der Waals surface area contributed by atoms with E-state index in [0.717, 1.165) is 11.1 Å². The third kappa shape index (κ3) is 5.27. The summed E-state index contributed by atoms with van der Waals surface area (Å²) >= 11 is 5.99. The number of carbonyl (C=O) groups excluding carboxylic acids is 1. The van der Waals surface area contributed by atoms with Crippen molar-refractivity contribution in [3.05, 3.63) is 64.7 Å². The molecule has 1 unspecified atom stereocenters. The van der Waals surface area contributed by atoms with E-state index in [9.17, 15) is 4.79 Å². The Morgan fingerprint density at radius 3 is 2.74 bits per heavy atom. The van der Waals surface area contributed by atoms with E-state index in [-0.39, 0.29) is 12.0 Å². The highest BCUT2D eigenvalue weighted by molar-refractivity contribution is 6.30. The number of amides is 1. The summed E-state index contributed by atoms with van der Waals surface area (Å²) in [6, 6.07) is 15.0. The molecule has 0 saturated heterocycles. The molecule has 1 amide bonds. The Hall–Kier alpha value is -2.04. The van der Waals surface area contributed by atoms with Gasteiger partial charge in [-0.2, -0.15) is 0 Å². The first-order valence-electron chi connectivity index (χ1n) is 7.48. The summed E-state index contributed by atoms with van der Waals surface area (Å²) in [4.78, 5) is 12.0. The van der Waals surface area contributed by atoms with Crippen molar-refractivity contribution in [1.82, 2.24) is 5.32 Å². The van der Waals surface area contributed by atoms with Crippen LogP contribution in [0.1, 0.15) is 23.7 Å². The van der Waals surface area contributed by atoms with Gasteiger partial charge in [0.25, 0.3) is 0 Å². The number of ether oxygens (including phenoxy) is 1. The SMILES string of the molecule is COC(CNC(=O)CCc1ccccc1N)c1cccc(Cl)c1. The normalized spacial score (nSPS) is 11.9. The highest BCUT2D eigenvalue weighted by atomic mass is 35.5. The van der Waals surface area contributed by atoms with E-state index in [1.165, 1.54) is 0 Å². The van der Waals surface area contributed by atoms with Crippen molar-refractivity contribution in [3.63, 3.8) is 0 Å². The number of nitrogens with two attached hydrogens (primary N) is 1. The third-order valence-corrected chi connectivity index (χ3v) is 3.90. The minimum absolute atomic E-state index is 0.0302. The van der Waals surface area contributed by atoms with Crippen LogP contribution in [0.4, 0.5) is 5.69 Å². The van der Waals surface area contributed by atoms with Crippen LogP contribution in [0.15, 0.2) is 48.5 Å². The maximum absolute atomic E-state index is 12.0. The summed E-state index contributed by atoms with van der Waals surface area (Å²) in [5.74, 6) is -0.0302. The highest BCUT2D eigenvalue weighted by Crippen LogP contribution is 2.20. The minimum Gasteiger partial charge on any atom is -0.399 e. The van der Waals surface area contributed by atoms with E-state index in [4.69, 9.17) is 22.1 Å². The molecule has 0 aromatic heterocycles. The number of methoxy groups -OCH3 is 1. The van der Waals surface area contributed by atoms with Gasteiger partial charge in [0.1, 0.15) is 0 Å². The van der Waals surface area contributed by atoms with E-state index in [1.54, 1.807) is 13.2 Å². The van der Waals surface area contributed by atoms with Crippen molar-refractivity contribution in [1.29, 1.82) is 0 Å². The van der Waals surface area contributed by atoms with E-state index in [0.29, 0.717) is 30.1 Å². The van der Waals surface area contributed by atoms with E-state index >= 15 is 0 Å². The summed E-state index contributed by atoms with van der Waals surface area (Å²) in [5.41, 5.74) is 8.52. The fourth-order valence-electron chi connectivity index (χ4n) is 2.35. The van der Waals surface area contributed by atoms with Crippen LogP contribution in [0, 0.1) is 0 Å². The number of para-hydroxylation sites is 1. The van der Waals surface area contributed by atoms with Gasteiger partial charge in [0.15, 0.2) is 0 Å². The number of hydrogen-bond donors (Lipinski definition) is 2. The Labute approximate surface area is 141 Å². The lowest BCUT2D eigenvalue weighted by atomic mass is 10.1. The molecule has 3 N–H and O–H groups in total. The quantitative estimate of drug-likeness (QED) is 0.764. The molecule has 2 aromatic rings. The van der Waals surface area contributed by atoms with Crippen LogP contribution in [0.2, 0.25) is 5.02 Å². The first-order valence-corrected chi connectivity index (χ1v) is 7.86. The summed E-state index contributed by atoms with van der Waals surface area (Å²) in [6.45, 7) is 0.403. The van der Waals surface area contributed by atoms with E-state index < -0.39 is 0 Å². The highest BCUT2D eigenvalue weighted by Gasteiger charge is 2.12. The zero-order valence-corrected chi connectivity index (χ0v) is 13.8. The lowest BCUT2D eigenvalue weighted by Gasteiger charge is -2.17. The van der Waals surface area contributed by atoms with Gasteiger partial charge in [-0.3, -0.25) is 4.79 Å². The molecule has 0 radical (unpaired) electrons. The molecular weight excluding hydrogens is 312 g/mol. The second kappa shape index (κ2) is 8.56. The molecule has 1 atom stereocenters. The molecule has 0 bridgehead atoms. The van der Waals surface area contributed by atoms with Gasteiger partial charge >= 0.3 is 0 Å². The third-order valence-electron chi connectivity index (χ3n) is 3.67. The largest absolute Gasteiger partial charge is 0.399 e. The number of benzene rings is 2. The molecule has 2 rings (SSSR count). The van der Waals surface area contributed by atoms with Crippen LogP contribution in [-0.4, -0.2) is 19.6 Å². The molecule has 122 valence electrons. The fourth-order valence-corrected chi connectivity index (χ4v) is 2.55. The lowest BCUT2D eigenvalue weighted by Crippen LogP contribution is -2.29. The Balaban J connectivity index is 1.84. The molecule has 0 heterocycles. The monoisotopic (exact) mass is 332 g/mol. The molecule has 0 aliphatic heterocycles. The van der Waals surface area contributed by atoms with Crippen molar-refractivity contribution in [2.75, 3.05) is 19.4 Å². The molecule has 23 heavy (non-hydrogen) atoms. The minimum atomic E-state index is -0.223. The number of nitrogens with one attached hydrogen (secondary N) is 1. The zero-order chi connectivity index (χ0) is 16.7. The predicted molar refractivity (Wildman–Crippen MR) is 93.4 cm³/mol. The summed E-state index contributed by atoms with van der Waals surface area (Å²) in [6.07, 6.45) is 0.785. The Kier molecular flexibility index (Phi) is 6.44.